The minimum Gasteiger partial charge on any atom is -0.202 e. The van der Waals surface area contributed by atoms with Crippen molar-refractivity contribution >= 4 is 26.1 Å². The Labute approximate surface area is 125 Å². The third kappa shape index (κ3) is 3.93. The first-order valence-corrected chi connectivity index (χ1v) is 9.84. The molecule has 6 heteroatoms. The molecule has 2 rings (SSSR count). The number of rotatable bonds is 5. The summed E-state index contributed by atoms with van der Waals surface area (Å²) >= 11 is 3.56. The molecule has 2 fully saturated rings. The molecular weight excluding hydrogens is 328 g/mol. The van der Waals surface area contributed by atoms with E-state index in [4.69, 9.17) is 0 Å². The zero-order valence-corrected chi connectivity index (χ0v) is 14.1. The average Bonchev–Trinajstić information content (AvgIpc) is 2.87. The van der Waals surface area contributed by atoms with Crippen LogP contribution in [0.15, 0.2) is 0 Å². The Kier molecular flexibility index (Phi) is 5.31. The average molecular weight is 353 g/mol. The van der Waals surface area contributed by atoms with Crippen LogP contribution < -0.4 is 4.72 Å². The summed E-state index contributed by atoms with van der Waals surface area (Å²) < 4.78 is 29.1. The molecule has 19 heavy (non-hydrogen) atoms. The normalized spacial score (nSPS) is 25.8. The lowest BCUT2D eigenvalue weighted by Gasteiger charge is -2.32. The van der Waals surface area contributed by atoms with Gasteiger partial charge in [-0.25, -0.2) is 4.72 Å². The van der Waals surface area contributed by atoms with Crippen molar-refractivity contribution in [2.75, 3.05) is 25.0 Å². The summed E-state index contributed by atoms with van der Waals surface area (Å²) in [6.45, 7) is 4.10. The van der Waals surface area contributed by atoms with Gasteiger partial charge in [-0.1, -0.05) is 35.7 Å². The van der Waals surface area contributed by atoms with Crippen LogP contribution in [-0.2, 0) is 10.2 Å². The van der Waals surface area contributed by atoms with Crippen LogP contribution in [0.4, 0.5) is 0 Å². The minimum absolute atomic E-state index is 0.135. The highest BCUT2D eigenvalue weighted by Crippen LogP contribution is 2.39. The summed E-state index contributed by atoms with van der Waals surface area (Å²) in [6.07, 6.45) is 6.63. The van der Waals surface area contributed by atoms with Gasteiger partial charge in [-0.3, -0.25) is 0 Å². The number of hydrogen-bond acceptors (Lipinski definition) is 2. The van der Waals surface area contributed by atoms with Crippen LogP contribution >= 0.6 is 15.9 Å². The van der Waals surface area contributed by atoms with E-state index in [1.165, 1.54) is 12.8 Å². The van der Waals surface area contributed by atoms with E-state index in [1.54, 1.807) is 4.31 Å². The van der Waals surface area contributed by atoms with Crippen molar-refractivity contribution in [3.8, 4) is 0 Å². The molecule has 0 bridgehead atoms. The summed E-state index contributed by atoms with van der Waals surface area (Å²) in [7, 11) is -3.28. The lowest BCUT2D eigenvalue weighted by molar-refractivity contribution is 0.279. The van der Waals surface area contributed by atoms with Crippen molar-refractivity contribution in [1.29, 1.82) is 0 Å². The van der Waals surface area contributed by atoms with E-state index in [9.17, 15) is 8.42 Å². The summed E-state index contributed by atoms with van der Waals surface area (Å²) in [4.78, 5) is 0. The molecule has 1 saturated carbocycles. The van der Waals surface area contributed by atoms with Gasteiger partial charge in [0.1, 0.15) is 0 Å². The Bertz CT molecular complexity index is 385. The second-order valence-electron chi connectivity index (χ2n) is 6.25. The lowest BCUT2D eigenvalue weighted by atomic mass is 9.89. The summed E-state index contributed by atoms with van der Waals surface area (Å²) in [6, 6.07) is 0. The van der Waals surface area contributed by atoms with E-state index in [2.05, 4.69) is 27.6 Å². The van der Waals surface area contributed by atoms with Crippen LogP contribution in [0.2, 0.25) is 0 Å². The predicted molar refractivity (Wildman–Crippen MR) is 81.6 cm³/mol. The third-order valence-corrected chi connectivity index (χ3v) is 7.40. The SMILES string of the molecule is CC1CCN(S(=O)(=O)NCC2(CBr)CCCC2)CC1. The monoisotopic (exact) mass is 352 g/mol. The first-order chi connectivity index (χ1) is 8.97. The highest BCUT2D eigenvalue weighted by atomic mass is 79.9. The number of halogens is 1. The van der Waals surface area contributed by atoms with Crippen LogP contribution in [0.3, 0.4) is 0 Å². The number of piperidine rings is 1. The first-order valence-electron chi connectivity index (χ1n) is 7.28. The molecule has 1 aliphatic heterocycles. The number of nitrogens with zero attached hydrogens (tertiary/aromatic N) is 1. The largest absolute Gasteiger partial charge is 0.279 e. The fraction of sp³-hybridized carbons (Fsp3) is 1.00. The molecule has 0 radical (unpaired) electrons. The van der Waals surface area contributed by atoms with Crippen molar-refractivity contribution < 1.29 is 8.42 Å². The number of alkyl halides is 1. The summed E-state index contributed by atoms with van der Waals surface area (Å²) in [5, 5.41) is 0.888. The van der Waals surface area contributed by atoms with Crippen LogP contribution in [0.25, 0.3) is 0 Å². The Morgan fingerprint density at radius 3 is 2.37 bits per heavy atom. The van der Waals surface area contributed by atoms with Gasteiger partial charge in [0.25, 0.3) is 10.2 Å². The molecule has 0 unspecified atom stereocenters. The fourth-order valence-corrected chi connectivity index (χ4v) is 5.17. The molecule has 1 saturated heterocycles. The van der Waals surface area contributed by atoms with Crippen LogP contribution in [0, 0.1) is 11.3 Å². The second kappa shape index (κ2) is 6.41. The summed E-state index contributed by atoms with van der Waals surface area (Å²) in [5.74, 6) is 0.648. The van der Waals surface area contributed by atoms with Gasteiger partial charge in [0.15, 0.2) is 0 Å². The van der Waals surface area contributed by atoms with Gasteiger partial charge in [-0.05, 0) is 37.0 Å². The van der Waals surface area contributed by atoms with E-state index in [0.29, 0.717) is 25.6 Å². The Morgan fingerprint density at radius 2 is 1.84 bits per heavy atom. The van der Waals surface area contributed by atoms with Gasteiger partial charge >= 0.3 is 0 Å². The summed E-state index contributed by atoms with van der Waals surface area (Å²) in [5.41, 5.74) is 0.135. The molecule has 1 aliphatic carbocycles. The van der Waals surface area contributed by atoms with E-state index in [-0.39, 0.29) is 5.41 Å². The van der Waals surface area contributed by atoms with Crippen LogP contribution in [-0.4, -0.2) is 37.7 Å². The maximum absolute atomic E-state index is 12.3. The van der Waals surface area contributed by atoms with Crippen molar-refractivity contribution in [2.45, 2.75) is 45.4 Å². The van der Waals surface area contributed by atoms with Crippen molar-refractivity contribution in [3.05, 3.63) is 0 Å². The number of nitrogens with one attached hydrogen (secondary N) is 1. The minimum atomic E-state index is -3.28. The molecule has 1 heterocycles. The van der Waals surface area contributed by atoms with E-state index in [1.807, 2.05) is 0 Å². The molecule has 4 nitrogen and oxygen atoms in total. The highest BCUT2D eigenvalue weighted by molar-refractivity contribution is 9.09. The van der Waals surface area contributed by atoms with Gasteiger partial charge in [0.2, 0.25) is 0 Å². The van der Waals surface area contributed by atoms with Gasteiger partial charge in [-0.2, -0.15) is 12.7 Å². The van der Waals surface area contributed by atoms with Crippen molar-refractivity contribution in [3.63, 3.8) is 0 Å². The van der Waals surface area contributed by atoms with E-state index in [0.717, 1.165) is 31.0 Å². The zero-order chi connectivity index (χ0) is 13.9. The van der Waals surface area contributed by atoms with E-state index >= 15 is 0 Å². The van der Waals surface area contributed by atoms with Gasteiger partial charge < -0.3 is 0 Å². The lowest BCUT2D eigenvalue weighted by Crippen LogP contribution is -2.47. The zero-order valence-electron chi connectivity index (χ0n) is 11.7. The standard InChI is InChI=1S/C13H25BrN2O2S/c1-12-4-8-16(9-5-12)19(17,18)15-11-13(10-14)6-2-3-7-13/h12,15H,2-11H2,1H3. The van der Waals surface area contributed by atoms with Gasteiger partial charge in [0.05, 0.1) is 0 Å². The highest BCUT2D eigenvalue weighted by Gasteiger charge is 2.35. The van der Waals surface area contributed by atoms with Crippen molar-refractivity contribution in [1.82, 2.24) is 9.03 Å². The number of hydrogen-bond donors (Lipinski definition) is 1. The molecule has 112 valence electrons. The van der Waals surface area contributed by atoms with Gasteiger partial charge in [-0.15, -0.1) is 0 Å². The maximum Gasteiger partial charge on any atom is 0.279 e. The van der Waals surface area contributed by atoms with Crippen LogP contribution in [0.1, 0.15) is 45.4 Å². The molecular formula is C13H25BrN2O2S. The maximum atomic E-state index is 12.3. The first kappa shape index (κ1) is 15.7. The molecule has 0 aromatic heterocycles. The van der Waals surface area contributed by atoms with Gasteiger partial charge in [0, 0.05) is 25.0 Å². The predicted octanol–water partition coefficient (Wildman–Crippen LogP) is 2.51. The topological polar surface area (TPSA) is 49.4 Å². The Balaban J connectivity index is 1.90. The molecule has 2 aliphatic rings. The molecule has 0 aromatic carbocycles. The van der Waals surface area contributed by atoms with Crippen LogP contribution in [0.5, 0.6) is 0 Å². The quantitative estimate of drug-likeness (QED) is 0.772. The molecule has 1 N–H and O–H groups in total. The smallest absolute Gasteiger partial charge is 0.202 e. The van der Waals surface area contributed by atoms with E-state index < -0.39 is 10.2 Å². The Morgan fingerprint density at radius 1 is 1.26 bits per heavy atom. The molecule has 0 spiro atoms. The molecule has 0 amide bonds. The fourth-order valence-electron chi connectivity index (χ4n) is 3.04. The second-order valence-corrected chi connectivity index (χ2v) is 8.56. The molecule has 0 atom stereocenters. The van der Waals surface area contributed by atoms with Crippen molar-refractivity contribution in [2.24, 2.45) is 11.3 Å². The third-order valence-electron chi connectivity index (χ3n) is 4.66. The molecule has 0 aromatic rings. The Hall–Kier alpha value is 0.350.